The van der Waals surface area contributed by atoms with Crippen molar-refractivity contribution < 1.29 is 9.21 Å². The Morgan fingerprint density at radius 2 is 2.24 bits per heavy atom. The van der Waals surface area contributed by atoms with Gasteiger partial charge in [0.25, 0.3) is 5.91 Å². The van der Waals surface area contributed by atoms with Crippen LogP contribution >= 0.6 is 11.3 Å². The van der Waals surface area contributed by atoms with Gasteiger partial charge in [-0.05, 0) is 37.3 Å². The van der Waals surface area contributed by atoms with Crippen molar-refractivity contribution >= 4 is 33.3 Å². The Kier molecular flexibility index (Phi) is 4.13. The van der Waals surface area contributed by atoms with E-state index in [2.05, 4.69) is 17.2 Å². The third-order valence-electron chi connectivity index (χ3n) is 4.73. The molecule has 0 fully saturated rings. The molecule has 2 aromatic heterocycles. The van der Waals surface area contributed by atoms with Crippen molar-refractivity contribution in [2.75, 3.05) is 5.32 Å². The predicted molar refractivity (Wildman–Crippen MR) is 98.4 cm³/mol. The van der Waals surface area contributed by atoms with Crippen molar-refractivity contribution in [3.8, 4) is 0 Å². The highest BCUT2D eigenvalue weighted by Crippen LogP contribution is 2.33. The number of thiazole rings is 1. The third kappa shape index (κ3) is 3.09. The summed E-state index contributed by atoms with van der Waals surface area (Å²) in [5.74, 6) is 0.224. The Balaban J connectivity index is 1.60. The number of fused-ring (bicyclic) bond motifs is 2. The van der Waals surface area contributed by atoms with Crippen LogP contribution in [0.4, 0.5) is 5.13 Å². The van der Waals surface area contributed by atoms with Crippen LogP contribution in [0.1, 0.15) is 40.7 Å². The highest BCUT2D eigenvalue weighted by Gasteiger charge is 2.23. The van der Waals surface area contributed by atoms with Crippen LogP contribution in [0.5, 0.6) is 0 Å². The second kappa shape index (κ2) is 6.44. The van der Waals surface area contributed by atoms with Gasteiger partial charge in [-0.15, -0.1) is 11.3 Å². The average molecular weight is 354 g/mol. The van der Waals surface area contributed by atoms with Gasteiger partial charge in [0.2, 0.25) is 0 Å². The van der Waals surface area contributed by atoms with Gasteiger partial charge in [0.1, 0.15) is 11.1 Å². The van der Waals surface area contributed by atoms with Gasteiger partial charge in [-0.2, -0.15) is 0 Å². The maximum atomic E-state index is 12.5. The number of aryl methyl sites for hydroxylation is 1. The first-order valence-corrected chi connectivity index (χ1v) is 9.28. The fourth-order valence-electron chi connectivity index (χ4n) is 3.23. The van der Waals surface area contributed by atoms with E-state index in [4.69, 9.17) is 4.42 Å². The largest absolute Gasteiger partial charge is 0.422 e. The Labute approximate surface area is 148 Å². The van der Waals surface area contributed by atoms with Crippen molar-refractivity contribution in [1.29, 1.82) is 0 Å². The summed E-state index contributed by atoms with van der Waals surface area (Å²) >= 11 is 1.51. The topological polar surface area (TPSA) is 72.2 Å². The Bertz CT molecular complexity index is 1010. The third-order valence-corrected chi connectivity index (χ3v) is 5.76. The van der Waals surface area contributed by atoms with Crippen LogP contribution in [-0.2, 0) is 12.8 Å². The van der Waals surface area contributed by atoms with E-state index in [9.17, 15) is 9.59 Å². The zero-order chi connectivity index (χ0) is 17.4. The van der Waals surface area contributed by atoms with Crippen LogP contribution in [0.3, 0.4) is 0 Å². The number of nitrogens with one attached hydrogen (secondary N) is 1. The number of carbonyl (C=O) groups is 1. The molecule has 0 bridgehead atoms. The SMILES string of the molecule is CCC1CCc2nc(NC(=O)c3cc4ccccc4oc3=O)sc2C1. The van der Waals surface area contributed by atoms with Gasteiger partial charge in [-0.1, -0.05) is 31.5 Å². The summed E-state index contributed by atoms with van der Waals surface area (Å²) in [5.41, 5.74) is 0.914. The van der Waals surface area contributed by atoms with E-state index in [1.54, 1.807) is 18.2 Å². The zero-order valence-corrected chi connectivity index (χ0v) is 14.7. The normalized spacial score (nSPS) is 16.6. The highest BCUT2D eigenvalue weighted by molar-refractivity contribution is 7.15. The smallest absolute Gasteiger partial charge is 0.349 e. The molecule has 0 aliphatic heterocycles. The lowest BCUT2D eigenvalue weighted by Gasteiger charge is -2.18. The number of amides is 1. The minimum absolute atomic E-state index is 0.00157. The monoisotopic (exact) mass is 354 g/mol. The highest BCUT2D eigenvalue weighted by atomic mass is 32.1. The fraction of sp³-hybridized carbons (Fsp3) is 0.316. The average Bonchev–Trinajstić information content (AvgIpc) is 3.02. The zero-order valence-electron chi connectivity index (χ0n) is 13.9. The number of hydrogen-bond acceptors (Lipinski definition) is 5. The second-order valence-corrected chi connectivity index (χ2v) is 7.43. The molecule has 1 N–H and O–H groups in total. The molecular formula is C19H18N2O3S. The minimum Gasteiger partial charge on any atom is -0.422 e. The van der Waals surface area contributed by atoms with Gasteiger partial charge in [-0.3, -0.25) is 10.1 Å². The minimum atomic E-state index is -0.636. The second-order valence-electron chi connectivity index (χ2n) is 6.35. The van der Waals surface area contributed by atoms with Crippen LogP contribution < -0.4 is 10.9 Å². The number of hydrogen-bond donors (Lipinski definition) is 1. The molecular weight excluding hydrogens is 336 g/mol. The summed E-state index contributed by atoms with van der Waals surface area (Å²) in [6.07, 6.45) is 4.29. The van der Waals surface area contributed by atoms with E-state index >= 15 is 0 Å². The molecule has 1 atom stereocenters. The number of aromatic nitrogens is 1. The Hall–Kier alpha value is -2.47. The summed E-state index contributed by atoms with van der Waals surface area (Å²) in [6, 6.07) is 8.70. The Morgan fingerprint density at radius 1 is 1.40 bits per heavy atom. The molecule has 128 valence electrons. The first kappa shape index (κ1) is 16.0. The molecule has 2 heterocycles. The molecule has 25 heavy (non-hydrogen) atoms. The lowest BCUT2D eigenvalue weighted by molar-refractivity contribution is 0.102. The maximum Gasteiger partial charge on any atom is 0.349 e. The molecule has 0 saturated carbocycles. The summed E-state index contributed by atoms with van der Waals surface area (Å²) in [6.45, 7) is 2.21. The predicted octanol–water partition coefficient (Wildman–Crippen LogP) is 4.02. The van der Waals surface area contributed by atoms with E-state index in [1.807, 2.05) is 12.1 Å². The lowest BCUT2D eigenvalue weighted by Crippen LogP contribution is -2.20. The van der Waals surface area contributed by atoms with E-state index < -0.39 is 11.5 Å². The van der Waals surface area contributed by atoms with E-state index in [0.717, 1.165) is 36.8 Å². The molecule has 1 amide bonds. The van der Waals surface area contributed by atoms with Gasteiger partial charge in [0.05, 0.1) is 5.69 Å². The van der Waals surface area contributed by atoms with Crippen molar-refractivity contribution in [2.45, 2.75) is 32.6 Å². The summed E-state index contributed by atoms with van der Waals surface area (Å²) in [7, 11) is 0. The number of nitrogens with zero attached hydrogens (tertiary/aromatic N) is 1. The van der Waals surface area contributed by atoms with Crippen molar-refractivity contribution in [3.63, 3.8) is 0 Å². The molecule has 1 unspecified atom stereocenters. The maximum absolute atomic E-state index is 12.5. The molecule has 1 aliphatic rings. The first-order chi connectivity index (χ1) is 12.1. The molecule has 0 radical (unpaired) electrons. The molecule has 1 aliphatic carbocycles. The summed E-state index contributed by atoms with van der Waals surface area (Å²) < 4.78 is 5.23. The molecule has 6 heteroatoms. The first-order valence-electron chi connectivity index (χ1n) is 8.47. The van der Waals surface area contributed by atoms with Crippen LogP contribution in [0.15, 0.2) is 39.5 Å². The molecule has 3 aromatic rings. The van der Waals surface area contributed by atoms with Gasteiger partial charge < -0.3 is 4.42 Å². The van der Waals surface area contributed by atoms with Crippen molar-refractivity contribution in [1.82, 2.24) is 4.98 Å². The Morgan fingerprint density at radius 3 is 3.08 bits per heavy atom. The van der Waals surface area contributed by atoms with Crippen LogP contribution in [0.25, 0.3) is 11.0 Å². The molecule has 5 nitrogen and oxygen atoms in total. The fourth-order valence-corrected chi connectivity index (χ4v) is 4.35. The van der Waals surface area contributed by atoms with Crippen molar-refractivity contribution in [2.24, 2.45) is 5.92 Å². The molecule has 0 spiro atoms. The summed E-state index contributed by atoms with van der Waals surface area (Å²) in [5, 5.41) is 4.04. The number of anilines is 1. The van der Waals surface area contributed by atoms with E-state index in [0.29, 0.717) is 16.6 Å². The number of benzene rings is 1. The van der Waals surface area contributed by atoms with Gasteiger partial charge in [0, 0.05) is 10.3 Å². The number of para-hydroxylation sites is 1. The van der Waals surface area contributed by atoms with Gasteiger partial charge in [0.15, 0.2) is 5.13 Å². The van der Waals surface area contributed by atoms with Crippen LogP contribution in [-0.4, -0.2) is 10.9 Å². The van der Waals surface area contributed by atoms with Gasteiger partial charge in [-0.25, -0.2) is 9.78 Å². The quantitative estimate of drug-likeness (QED) is 0.721. The standard InChI is InChI=1S/C19H18N2O3S/c1-2-11-7-8-14-16(9-11)25-19(20-14)21-17(22)13-10-12-5-3-4-6-15(12)24-18(13)23/h3-6,10-11H,2,7-9H2,1H3,(H,20,21,22). The van der Waals surface area contributed by atoms with E-state index in [1.165, 1.54) is 16.2 Å². The number of carbonyl (C=O) groups excluding carboxylic acids is 1. The molecule has 4 rings (SSSR count). The van der Waals surface area contributed by atoms with Crippen LogP contribution in [0, 0.1) is 5.92 Å². The molecule has 1 aromatic carbocycles. The van der Waals surface area contributed by atoms with Crippen LogP contribution in [0.2, 0.25) is 0 Å². The summed E-state index contributed by atoms with van der Waals surface area (Å²) in [4.78, 5) is 30.4. The van der Waals surface area contributed by atoms with E-state index in [-0.39, 0.29) is 5.56 Å². The van der Waals surface area contributed by atoms with Crippen molar-refractivity contribution in [3.05, 3.63) is 56.9 Å². The van der Waals surface area contributed by atoms with Gasteiger partial charge >= 0.3 is 5.63 Å². The number of rotatable bonds is 3. The molecule has 0 saturated heterocycles. The lowest BCUT2D eigenvalue weighted by atomic mass is 9.89.